The molecule has 0 amide bonds. The van der Waals surface area contributed by atoms with E-state index in [0.29, 0.717) is 5.56 Å². The molecule has 2 aromatic rings. The summed E-state index contributed by atoms with van der Waals surface area (Å²) in [6, 6.07) is 7.37. The topological polar surface area (TPSA) is 51.2 Å². The molecule has 19 heavy (non-hydrogen) atoms. The van der Waals surface area contributed by atoms with E-state index in [1.54, 1.807) is 12.3 Å². The summed E-state index contributed by atoms with van der Waals surface area (Å²) in [6.45, 7) is 6.20. The van der Waals surface area contributed by atoms with Gasteiger partial charge in [-0.2, -0.15) is 0 Å². The quantitative estimate of drug-likeness (QED) is 0.840. The normalized spacial score (nSPS) is 11.4. The van der Waals surface area contributed by atoms with Crippen LogP contribution in [0.4, 0.5) is 5.82 Å². The predicted octanol–water partition coefficient (Wildman–Crippen LogP) is 3.23. The molecule has 1 heterocycles. The Labute approximate surface area is 112 Å². The van der Waals surface area contributed by atoms with E-state index in [-0.39, 0.29) is 11.5 Å². The van der Waals surface area contributed by atoms with Crippen molar-refractivity contribution in [1.29, 1.82) is 0 Å². The summed E-state index contributed by atoms with van der Waals surface area (Å²) < 4.78 is 4.81. The molecule has 0 aliphatic carbocycles. The molecule has 0 aliphatic heterocycles. The lowest BCUT2D eigenvalue weighted by Crippen LogP contribution is -2.26. The van der Waals surface area contributed by atoms with Crippen molar-refractivity contribution in [2.75, 3.05) is 12.4 Å². The number of nitrogens with zero attached hydrogens (tertiary/aromatic N) is 1. The molecule has 0 aliphatic rings. The number of ether oxygens (including phenoxy) is 1. The third kappa shape index (κ3) is 2.84. The summed E-state index contributed by atoms with van der Waals surface area (Å²) >= 11 is 0. The molecule has 4 nitrogen and oxygen atoms in total. The second kappa shape index (κ2) is 4.88. The highest BCUT2D eigenvalue weighted by atomic mass is 16.5. The number of esters is 1. The van der Waals surface area contributed by atoms with Gasteiger partial charge in [0.25, 0.3) is 0 Å². The zero-order chi connectivity index (χ0) is 14.0. The Morgan fingerprint density at radius 3 is 2.58 bits per heavy atom. The van der Waals surface area contributed by atoms with Crippen molar-refractivity contribution < 1.29 is 9.53 Å². The Balaban J connectivity index is 2.61. The summed E-state index contributed by atoms with van der Waals surface area (Å²) in [5.74, 6) is 0.439. The van der Waals surface area contributed by atoms with Gasteiger partial charge in [0.15, 0.2) is 0 Å². The Kier molecular flexibility index (Phi) is 3.42. The van der Waals surface area contributed by atoms with Crippen molar-refractivity contribution >= 4 is 22.6 Å². The molecule has 0 spiro atoms. The maximum absolute atomic E-state index is 11.8. The van der Waals surface area contributed by atoms with Gasteiger partial charge in [-0.25, -0.2) is 9.78 Å². The lowest BCUT2D eigenvalue weighted by Gasteiger charge is -2.22. The van der Waals surface area contributed by atoms with Crippen molar-refractivity contribution in [3.63, 3.8) is 0 Å². The standard InChI is InChI=1S/C15H18N2O2/c1-15(2,3)17-13-11-6-5-7-12(14(18)19-4)10(11)8-9-16-13/h5-9H,1-4H3,(H,16,17). The molecule has 0 fully saturated rings. The Hall–Kier alpha value is -2.10. The number of anilines is 1. The Morgan fingerprint density at radius 2 is 1.95 bits per heavy atom. The largest absolute Gasteiger partial charge is 0.465 e. The van der Waals surface area contributed by atoms with Gasteiger partial charge in [0.2, 0.25) is 0 Å². The number of carbonyl (C=O) groups excluding carboxylic acids is 1. The summed E-state index contributed by atoms with van der Waals surface area (Å²) in [4.78, 5) is 16.1. The summed E-state index contributed by atoms with van der Waals surface area (Å²) in [6.07, 6.45) is 1.70. The highest BCUT2D eigenvalue weighted by molar-refractivity contribution is 6.07. The van der Waals surface area contributed by atoms with Crippen molar-refractivity contribution in [1.82, 2.24) is 4.98 Å². The number of hydrogen-bond donors (Lipinski definition) is 1. The van der Waals surface area contributed by atoms with Gasteiger partial charge in [0, 0.05) is 22.5 Å². The number of methoxy groups -OCH3 is 1. The zero-order valence-electron chi connectivity index (χ0n) is 11.7. The van der Waals surface area contributed by atoms with Crippen LogP contribution in [0.25, 0.3) is 10.8 Å². The van der Waals surface area contributed by atoms with E-state index >= 15 is 0 Å². The number of rotatable bonds is 2. The molecule has 0 saturated heterocycles. The van der Waals surface area contributed by atoms with Gasteiger partial charge in [-0.1, -0.05) is 12.1 Å². The maximum Gasteiger partial charge on any atom is 0.338 e. The Bertz CT molecular complexity index is 615. The first kappa shape index (κ1) is 13.3. The highest BCUT2D eigenvalue weighted by Gasteiger charge is 2.15. The first-order valence-corrected chi connectivity index (χ1v) is 6.16. The minimum Gasteiger partial charge on any atom is -0.465 e. The third-order valence-corrected chi connectivity index (χ3v) is 2.70. The van der Waals surface area contributed by atoms with Crippen LogP contribution in [0.5, 0.6) is 0 Å². The average molecular weight is 258 g/mol. The van der Waals surface area contributed by atoms with Crippen LogP contribution in [0, 0.1) is 0 Å². The van der Waals surface area contributed by atoms with E-state index in [1.165, 1.54) is 7.11 Å². The van der Waals surface area contributed by atoms with Crippen LogP contribution in [0.2, 0.25) is 0 Å². The van der Waals surface area contributed by atoms with E-state index in [0.717, 1.165) is 16.6 Å². The van der Waals surface area contributed by atoms with Crippen molar-refractivity contribution in [3.8, 4) is 0 Å². The molecule has 0 radical (unpaired) electrons. The van der Waals surface area contributed by atoms with E-state index in [2.05, 4.69) is 31.1 Å². The first-order chi connectivity index (χ1) is 8.92. The number of hydrogen-bond acceptors (Lipinski definition) is 4. The number of benzene rings is 1. The van der Waals surface area contributed by atoms with Gasteiger partial charge in [-0.3, -0.25) is 0 Å². The van der Waals surface area contributed by atoms with Crippen molar-refractivity contribution in [2.45, 2.75) is 26.3 Å². The maximum atomic E-state index is 11.8. The van der Waals surface area contributed by atoms with Crippen LogP contribution >= 0.6 is 0 Å². The number of carbonyl (C=O) groups is 1. The second-order valence-electron chi connectivity index (χ2n) is 5.43. The zero-order valence-corrected chi connectivity index (χ0v) is 11.7. The number of nitrogens with one attached hydrogen (secondary N) is 1. The van der Waals surface area contributed by atoms with Crippen LogP contribution in [0.15, 0.2) is 30.5 Å². The fourth-order valence-corrected chi connectivity index (χ4v) is 1.95. The summed E-state index contributed by atoms with van der Waals surface area (Å²) in [5.41, 5.74) is 0.460. The molecule has 0 atom stereocenters. The van der Waals surface area contributed by atoms with Gasteiger partial charge in [0.05, 0.1) is 12.7 Å². The highest BCUT2D eigenvalue weighted by Crippen LogP contribution is 2.26. The van der Waals surface area contributed by atoms with Crippen molar-refractivity contribution in [2.24, 2.45) is 0 Å². The van der Waals surface area contributed by atoms with Crippen LogP contribution in [-0.2, 0) is 4.74 Å². The summed E-state index contributed by atoms with van der Waals surface area (Å²) in [5, 5.41) is 5.11. The molecule has 4 heteroatoms. The molecule has 1 N–H and O–H groups in total. The minimum absolute atomic E-state index is 0.0947. The van der Waals surface area contributed by atoms with E-state index in [9.17, 15) is 4.79 Å². The van der Waals surface area contributed by atoms with E-state index < -0.39 is 0 Å². The molecule has 0 bridgehead atoms. The molecule has 1 aromatic carbocycles. The lowest BCUT2D eigenvalue weighted by atomic mass is 10.0. The monoisotopic (exact) mass is 258 g/mol. The van der Waals surface area contributed by atoms with Gasteiger partial charge in [-0.05, 0) is 32.9 Å². The van der Waals surface area contributed by atoms with Gasteiger partial charge >= 0.3 is 5.97 Å². The number of pyridine rings is 1. The van der Waals surface area contributed by atoms with Crippen LogP contribution in [0.3, 0.4) is 0 Å². The number of aromatic nitrogens is 1. The second-order valence-corrected chi connectivity index (χ2v) is 5.43. The van der Waals surface area contributed by atoms with Crippen molar-refractivity contribution in [3.05, 3.63) is 36.0 Å². The first-order valence-electron chi connectivity index (χ1n) is 6.16. The predicted molar refractivity (Wildman–Crippen MR) is 76.5 cm³/mol. The van der Waals surface area contributed by atoms with Crippen LogP contribution in [0.1, 0.15) is 31.1 Å². The third-order valence-electron chi connectivity index (χ3n) is 2.70. The fraction of sp³-hybridized carbons (Fsp3) is 0.333. The molecule has 1 aromatic heterocycles. The molecule has 0 saturated carbocycles. The molecule has 2 rings (SSSR count). The van der Waals surface area contributed by atoms with Gasteiger partial charge in [-0.15, -0.1) is 0 Å². The minimum atomic E-state index is -0.335. The lowest BCUT2D eigenvalue weighted by molar-refractivity contribution is 0.0603. The van der Waals surface area contributed by atoms with E-state index in [4.69, 9.17) is 4.74 Å². The summed E-state index contributed by atoms with van der Waals surface area (Å²) in [7, 11) is 1.39. The van der Waals surface area contributed by atoms with E-state index in [1.807, 2.05) is 18.2 Å². The average Bonchev–Trinajstić information content (AvgIpc) is 2.36. The molecular formula is C15H18N2O2. The SMILES string of the molecule is COC(=O)c1cccc2c(NC(C)(C)C)nccc12. The molecule has 0 unspecified atom stereocenters. The van der Waals surface area contributed by atoms with Crippen LogP contribution < -0.4 is 5.32 Å². The van der Waals surface area contributed by atoms with Gasteiger partial charge < -0.3 is 10.1 Å². The molecule has 100 valence electrons. The number of fused-ring (bicyclic) bond motifs is 1. The smallest absolute Gasteiger partial charge is 0.338 e. The Morgan fingerprint density at radius 1 is 1.21 bits per heavy atom. The molecular weight excluding hydrogens is 240 g/mol. The van der Waals surface area contributed by atoms with Crippen LogP contribution in [-0.4, -0.2) is 23.6 Å². The van der Waals surface area contributed by atoms with Gasteiger partial charge in [0.1, 0.15) is 5.82 Å². The fourth-order valence-electron chi connectivity index (χ4n) is 1.95.